The lowest BCUT2D eigenvalue weighted by Gasteiger charge is -2.34. The maximum atomic E-state index is 12.9. The predicted molar refractivity (Wildman–Crippen MR) is 106 cm³/mol. The summed E-state index contributed by atoms with van der Waals surface area (Å²) in [4.78, 5) is 14.1. The molecule has 0 atom stereocenters. The van der Waals surface area contributed by atoms with Crippen molar-refractivity contribution in [3.8, 4) is 0 Å². The van der Waals surface area contributed by atoms with Crippen LogP contribution in [0.5, 0.6) is 0 Å². The average Bonchev–Trinajstić information content (AvgIpc) is 3.00. The lowest BCUT2D eigenvalue weighted by atomic mass is 10.2. The first-order valence-corrected chi connectivity index (χ1v) is 11.0. The molecule has 1 amide bonds. The first-order chi connectivity index (χ1) is 14.0. The van der Waals surface area contributed by atoms with Crippen molar-refractivity contribution in [2.45, 2.75) is 38.4 Å². The summed E-state index contributed by atoms with van der Waals surface area (Å²) in [5.41, 5.74) is 1.41. The van der Waals surface area contributed by atoms with Crippen molar-refractivity contribution in [2.24, 2.45) is 0 Å². The van der Waals surface area contributed by atoms with Crippen molar-refractivity contribution in [1.29, 1.82) is 0 Å². The molecule has 10 heteroatoms. The average molecular weight is 443 g/mol. The number of benzene rings is 1. The summed E-state index contributed by atoms with van der Waals surface area (Å²) in [6.45, 7) is 6.93. The smallest absolute Gasteiger partial charge is 0.349 e. The van der Waals surface area contributed by atoms with Crippen molar-refractivity contribution in [1.82, 2.24) is 13.8 Å². The Labute approximate surface area is 173 Å². The highest BCUT2D eigenvalue weighted by atomic mass is 32.2. The van der Waals surface area contributed by atoms with Gasteiger partial charge in [0.1, 0.15) is 0 Å². The summed E-state index contributed by atoms with van der Waals surface area (Å²) >= 11 is 0. The second kappa shape index (κ2) is 8.07. The minimum atomic E-state index is -4.62. The molecule has 3 rings (SSSR count). The van der Waals surface area contributed by atoms with Crippen molar-refractivity contribution < 1.29 is 26.4 Å². The summed E-state index contributed by atoms with van der Waals surface area (Å²) in [5.74, 6) is -0.168. The highest BCUT2D eigenvalue weighted by Gasteiger charge is 2.35. The zero-order valence-corrected chi connectivity index (χ0v) is 17.8. The maximum Gasteiger partial charge on any atom is 0.416 e. The van der Waals surface area contributed by atoms with Crippen molar-refractivity contribution >= 4 is 15.9 Å². The third kappa shape index (κ3) is 4.11. The van der Waals surface area contributed by atoms with Gasteiger partial charge in [-0.05, 0) is 45.0 Å². The van der Waals surface area contributed by atoms with E-state index in [2.05, 4.69) is 0 Å². The van der Waals surface area contributed by atoms with E-state index in [1.54, 1.807) is 4.90 Å². The van der Waals surface area contributed by atoms with Gasteiger partial charge in [-0.25, -0.2) is 8.42 Å². The van der Waals surface area contributed by atoms with Gasteiger partial charge in [0.15, 0.2) is 0 Å². The van der Waals surface area contributed by atoms with E-state index in [9.17, 15) is 26.4 Å². The number of alkyl halides is 3. The molecule has 0 N–H and O–H groups in total. The van der Waals surface area contributed by atoms with E-state index in [4.69, 9.17) is 0 Å². The summed E-state index contributed by atoms with van der Waals surface area (Å²) in [6.07, 6.45) is -4.62. The molecule has 1 aromatic carbocycles. The van der Waals surface area contributed by atoms with E-state index in [1.807, 2.05) is 31.4 Å². The van der Waals surface area contributed by atoms with Crippen LogP contribution < -0.4 is 0 Å². The molecule has 0 bridgehead atoms. The molecule has 164 valence electrons. The first kappa shape index (κ1) is 22.4. The number of amides is 1. The number of piperazine rings is 1. The molecule has 6 nitrogen and oxygen atoms in total. The standard InChI is InChI=1S/C20H24F3N3O3S/c1-4-26-14(2)12-18(15(26)3)19(27)24-8-10-25(11-9-24)30(28,29)17-7-5-6-16(13-17)20(21,22)23/h5-7,12-13H,4,8-11H2,1-3H3. The van der Waals surface area contributed by atoms with Crippen LogP contribution >= 0.6 is 0 Å². The molecule has 2 heterocycles. The number of nitrogens with zero attached hydrogens (tertiary/aromatic N) is 3. The molecule has 1 fully saturated rings. The molecule has 1 aromatic heterocycles. The van der Waals surface area contributed by atoms with Crippen LogP contribution in [0.3, 0.4) is 0 Å². The van der Waals surface area contributed by atoms with Gasteiger partial charge >= 0.3 is 6.18 Å². The van der Waals surface area contributed by atoms with E-state index in [0.717, 1.165) is 40.4 Å². The van der Waals surface area contributed by atoms with Gasteiger partial charge < -0.3 is 9.47 Å². The molecule has 1 aliphatic heterocycles. The SMILES string of the molecule is CCn1c(C)cc(C(=O)N2CCN(S(=O)(=O)c3cccc(C(F)(F)F)c3)CC2)c1C. The summed E-state index contributed by atoms with van der Waals surface area (Å²) < 4.78 is 67.6. The van der Waals surface area contributed by atoms with Gasteiger partial charge in [-0.2, -0.15) is 17.5 Å². The van der Waals surface area contributed by atoms with Crippen LogP contribution in [0.2, 0.25) is 0 Å². The first-order valence-electron chi connectivity index (χ1n) is 9.60. The topological polar surface area (TPSA) is 62.6 Å². The summed E-state index contributed by atoms with van der Waals surface area (Å²) in [7, 11) is -4.08. The Hall–Kier alpha value is -2.33. The minimum absolute atomic E-state index is 0.0246. The van der Waals surface area contributed by atoms with Gasteiger partial charge in [-0.15, -0.1) is 0 Å². The Morgan fingerprint density at radius 2 is 1.70 bits per heavy atom. The fourth-order valence-corrected chi connectivity index (χ4v) is 5.26. The number of carbonyl (C=O) groups excluding carboxylic acids is 1. The molecule has 0 aliphatic carbocycles. The van der Waals surface area contributed by atoms with Crippen LogP contribution in [-0.2, 0) is 22.7 Å². The predicted octanol–water partition coefficient (Wildman–Crippen LogP) is 3.29. The van der Waals surface area contributed by atoms with Crippen LogP contribution in [0.4, 0.5) is 13.2 Å². The lowest BCUT2D eigenvalue weighted by Crippen LogP contribution is -2.50. The zero-order chi connectivity index (χ0) is 22.3. The molecular weight excluding hydrogens is 419 g/mol. The number of rotatable bonds is 4. The van der Waals surface area contributed by atoms with Gasteiger partial charge in [0.25, 0.3) is 5.91 Å². The highest BCUT2D eigenvalue weighted by Crippen LogP contribution is 2.31. The quantitative estimate of drug-likeness (QED) is 0.729. The largest absolute Gasteiger partial charge is 0.416 e. The molecule has 0 unspecified atom stereocenters. The number of aromatic nitrogens is 1. The molecule has 0 radical (unpaired) electrons. The van der Waals surface area contributed by atoms with E-state index < -0.39 is 26.7 Å². The fraction of sp³-hybridized carbons (Fsp3) is 0.450. The second-order valence-corrected chi connectivity index (χ2v) is 9.19. The van der Waals surface area contributed by atoms with E-state index in [0.29, 0.717) is 11.6 Å². The third-order valence-corrected chi connectivity index (χ3v) is 7.34. The maximum absolute atomic E-state index is 12.9. The number of halogens is 3. The Morgan fingerprint density at radius 1 is 1.07 bits per heavy atom. The van der Waals surface area contributed by atoms with Crippen LogP contribution in [0.1, 0.15) is 34.2 Å². The second-order valence-electron chi connectivity index (χ2n) is 7.25. The molecule has 2 aromatic rings. The number of hydrogen-bond donors (Lipinski definition) is 0. The molecular formula is C20H24F3N3O3S. The van der Waals surface area contributed by atoms with Gasteiger partial charge in [0, 0.05) is 44.1 Å². The van der Waals surface area contributed by atoms with Gasteiger partial charge in [0.2, 0.25) is 10.0 Å². The van der Waals surface area contributed by atoms with Crippen LogP contribution in [0.25, 0.3) is 0 Å². The normalized spacial score (nSPS) is 16.1. The van der Waals surface area contributed by atoms with Crippen LogP contribution in [0, 0.1) is 13.8 Å². The van der Waals surface area contributed by atoms with E-state index in [1.165, 1.54) is 0 Å². The summed E-state index contributed by atoms with van der Waals surface area (Å²) in [6, 6.07) is 5.54. The Balaban J connectivity index is 1.74. The number of sulfonamides is 1. The Kier molecular flexibility index (Phi) is 6.01. The number of carbonyl (C=O) groups is 1. The van der Waals surface area contributed by atoms with Crippen molar-refractivity contribution in [3.05, 3.63) is 52.8 Å². The van der Waals surface area contributed by atoms with E-state index >= 15 is 0 Å². The molecule has 0 saturated carbocycles. The fourth-order valence-electron chi connectivity index (χ4n) is 3.79. The van der Waals surface area contributed by atoms with Crippen molar-refractivity contribution in [3.63, 3.8) is 0 Å². The Morgan fingerprint density at radius 3 is 2.23 bits per heavy atom. The Bertz CT molecular complexity index is 1050. The molecule has 1 aliphatic rings. The van der Waals surface area contributed by atoms with Gasteiger partial charge in [0.05, 0.1) is 16.0 Å². The van der Waals surface area contributed by atoms with Crippen LogP contribution in [-0.4, -0.2) is 54.3 Å². The molecule has 0 spiro atoms. The number of aryl methyl sites for hydroxylation is 1. The van der Waals surface area contributed by atoms with E-state index in [-0.39, 0.29) is 32.1 Å². The molecule has 1 saturated heterocycles. The summed E-state index contributed by atoms with van der Waals surface area (Å²) in [5, 5.41) is 0. The lowest BCUT2D eigenvalue weighted by molar-refractivity contribution is -0.137. The van der Waals surface area contributed by atoms with Gasteiger partial charge in [-0.3, -0.25) is 4.79 Å². The van der Waals surface area contributed by atoms with Gasteiger partial charge in [-0.1, -0.05) is 6.07 Å². The minimum Gasteiger partial charge on any atom is -0.349 e. The number of hydrogen-bond acceptors (Lipinski definition) is 3. The van der Waals surface area contributed by atoms with Crippen molar-refractivity contribution in [2.75, 3.05) is 26.2 Å². The highest BCUT2D eigenvalue weighted by molar-refractivity contribution is 7.89. The van der Waals surface area contributed by atoms with Crippen LogP contribution in [0.15, 0.2) is 35.2 Å². The zero-order valence-electron chi connectivity index (χ0n) is 17.0. The molecule has 30 heavy (non-hydrogen) atoms. The third-order valence-electron chi connectivity index (χ3n) is 5.45. The monoisotopic (exact) mass is 443 g/mol.